The molecule has 0 spiro atoms. The molecule has 1 aliphatic rings. The molecule has 1 N–H and O–H groups in total. The van der Waals surface area contributed by atoms with Gasteiger partial charge in [-0.3, -0.25) is 0 Å². The molecule has 2 nitrogen and oxygen atoms in total. The lowest BCUT2D eigenvalue weighted by Crippen LogP contribution is -2.29. The van der Waals surface area contributed by atoms with Crippen molar-refractivity contribution >= 4 is 0 Å². The maximum Gasteiger partial charge on any atom is 0.120 e. The largest absolute Gasteiger partial charge is 0.489 e. The van der Waals surface area contributed by atoms with Crippen LogP contribution in [0.1, 0.15) is 24.8 Å². The van der Waals surface area contributed by atoms with Gasteiger partial charge in [0.25, 0.3) is 0 Å². The highest BCUT2D eigenvalue weighted by atomic mass is 16.5. The molecule has 0 saturated carbocycles. The number of hydrogen-bond acceptors (Lipinski definition) is 2. The van der Waals surface area contributed by atoms with Crippen LogP contribution in [0.4, 0.5) is 0 Å². The molecule has 0 radical (unpaired) electrons. The second kappa shape index (κ2) is 5.17. The lowest BCUT2D eigenvalue weighted by molar-refractivity contribution is 0.194. The van der Waals surface area contributed by atoms with Gasteiger partial charge in [0.1, 0.15) is 11.9 Å². The van der Waals surface area contributed by atoms with Crippen LogP contribution in [-0.4, -0.2) is 19.2 Å². The molecule has 1 aliphatic heterocycles. The van der Waals surface area contributed by atoms with E-state index in [-0.39, 0.29) is 0 Å². The molecule has 82 valence electrons. The Morgan fingerprint density at radius 3 is 3.13 bits per heavy atom. The van der Waals surface area contributed by atoms with Gasteiger partial charge in [0.05, 0.1) is 0 Å². The zero-order valence-corrected chi connectivity index (χ0v) is 9.33. The molecule has 1 saturated heterocycles. The van der Waals surface area contributed by atoms with E-state index in [2.05, 4.69) is 30.4 Å². The molecule has 2 rings (SSSR count). The van der Waals surface area contributed by atoms with Gasteiger partial charge in [0.15, 0.2) is 0 Å². The zero-order valence-electron chi connectivity index (χ0n) is 9.33. The summed E-state index contributed by atoms with van der Waals surface area (Å²) in [6, 6.07) is 8.29. The molecular weight excluding hydrogens is 186 g/mol. The van der Waals surface area contributed by atoms with E-state index in [1.807, 2.05) is 6.07 Å². The minimum atomic E-state index is 0.342. The van der Waals surface area contributed by atoms with Crippen LogP contribution in [0.2, 0.25) is 0 Å². The predicted octanol–water partition coefficient (Wildman–Crippen LogP) is 2.52. The number of hydrogen-bond donors (Lipinski definition) is 1. The average molecular weight is 205 g/mol. The first-order valence-electron chi connectivity index (χ1n) is 5.78. The maximum atomic E-state index is 5.95. The third-order valence-electron chi connectivity index (χ3n) is 2.79. The van der Waals surface area contributed by atoms with Gasteiger partial charge in [-0.25, -0.2) is 0 Å². The van der Waals surface area contributed by atoms with E-state index in [9.17, 15) is 0 Å². The van der Waals surface area contributed by atoms with Gasteiger partial charge in [-0.1, -0.05) is 12.1 Å². The fourth-order valence-corrected chi connectivity index (χ4v) is 1.97. The van der Waals surface area contributed by atoms with Crippen LogP contribution >= 0.6 is 0 Å². The van der Waals surface area contributed by atoms with Crippen molar-refractivity contribution in [1.82, 2.24) is 5.32 Å². The predicted molar refractivity (Wildman–Crippen MR) is 62.3 cm³/mol. The van der Waals surface area contributed by atoms with Crippen molar-refractivity contribution in [2.45, 2.75) is 32.3 Å². The molecule has 2 heteroatoms. The van der Waals surface area contributed by atoms with Crippen LogP contribution < -0.4 is 10.1 Å². The molecule has 1 aromatic rings. The Labute approximate surface area is 91.6 Å². The molecule has 0 aromatic heterocycles. The topological polar surface area (TPSA) is 21.3 Å². The van der Waals surface area contributed by atoms with Crippen molar-refractivity contribution in [2.75, 3.05) is 13.1 Å². The normalized spacial score (nSPS) is 22.1. The second-order valence-corrected chi connectivity index (χ2v) is 4.26. The van der Waals surface area contributed by atoms with Gasteiger partial charge >= 0.3 is 0 Å². The lowest BCUT2D eigenvalue weighted by Gasteiger charge is -2.17. The Bertz CT molecular complexity index is 303. The molecular formula is C13H19NO. The summed E-state index contributed by atoms with van der Waals surface area (Å²) in [7, 11) is 0. The lowest BCUT2D eigenvalue weighted by atomic mass is 10.2. The summed E-state index contributed by atoms with van der Waals surface area (Å²) >= 11 is 0. The third kappa shape index (κ3) is 3.24. The summed E-state index contributed by atoms with van der Waals surface area (Å²) < 4.78 is 5.95. The number of rotatable bonds is 2. The van der Waals surface area contributed by atoms with Crippen molar-refractivity contribution in [3.8, 4) is 5.75 Å². The quantitative estimate of drug-likeness (QED) is 0.801. The molecule has 1 atom stereocenters. The molecule has 1 fully saturated rings. The van der Waals surface area contributed by atoms with Crippen LogP contribution in [-0.2, 0) is 0 Å². The molecule has 0 amide bonds. The molecule has 0 bridgehead atoms. The number of aryl methyl sites for hydroxylation is 1. The Morgan fingerprint density at radius 2 is 2.27 bits per heavy atom. The summed E-state index contributed by atoms with van der Waals surface area (Å²) in [5, 5.41) is 3.41. The standard InChI is InChI=1S/C13H19NO/c1-11-5-4-7-12(9-11)15-13-6-2-3-8-14-10-13/h4-5,7,9,13-14H,2-3,6,8,10H2,1H3. The van der Waals surface area contributed by atoms with E-state index in [0.717, 1.165) is 18.8 Å². The summed E-state index contributed by atoms with van der Waals surface area (Å²) in [6.45, 7) is 4.21. The van der Waals surface area contributed by atoms with Crippen molar-refractivity contribution in [1.29, 1.82) is 0 Å². The SMILES string of the molecule is Cc1cccc(OC2CCCCNC2)c1. The van der Waals surface area contributed by atoms with Gasteiger partial charge in [-0.2, -0.15) is 0 Å². The maximum absolute atomic E-state index is 5.95. The van der Waals surface area contributed by atoms with Gasteiger partial charge in [-0.05, 0) is 50.4 Å². The zero-order chi connectivity index (χ0) is 10.5. The summed E-state index contributed by atoms with van der Waals surface area (Å²) in [6.07, 6.45) is 4.05. The van der Waals surface area contributed by atoms with Gasteiger partial charge in [0, 0.05) is 6.54 Å². The van der Waals surface area contributed by atoms with Crippen LogP contribution in [0.15, 0.2) is 24.3 Å². The first-order chi connectivity index (χ1) is 7.34. The second-order valence-electron chi connectivity index (χ2n) is 4.26. The Hall–Kier alpha value is -1.02. The van der Waals surface area contributed by atoms with Crippen LogP contribution in [0, 0.1) is 6.92 Å². The number of nitrogens with one attached hydrogen (secondary N) is 1. The Morgan fingerprint density at radius 1 is 1.33 bits per heavy atom. The fourth-order valence-electron chi connectivity index (χ4n) is 1.97. The van der Waals surface area contributed by atoms with E-state index >= 15 is 0 Å². The highest BCUT2D eigenvalue weighted by molar-refractivity contribution is 5.27. The van der Waals surface area contributed by atoms with Crippen LogP contribution in [0.3, 0.4) is 0 Å². The summed E-state index contributed by atoms with van der Waals surface area (Å²) in [4.78, 5) is 0. The minimum Gasteiger partial charge on any atom is -0.489 e. The van der Waals surface area contributed by atoms with Gasteiger partial charge < -0.3 is 10.1 Å². The van der Waals surface area contributed by atoms with Crippen molar-refractivity contribution in [2.24, 2.45) is 0 Å². The first kappa shape index (κ1) is 10.5. The van der Waals surface area contributed by atoms with E-state index < -0.39 is 0 Å². The Kier molecular flexibility index (Phi) is 3.62. The monoisotopic (exact) mass is 205 g/mol. The number of benzene rings is 1. The highest BCUT2D eigenvalue weighted by Gasteiger charge is 2.12. The Balaban J connectivity index is 1.95. The number of ether oxygens (including phenoxy) is 1. The molecule has 1 aromatic carbocycles. The van der Waals surface area contributed by atoms with E-state index in [4.69, 9.17) is 4.74 Å². The molecule has 1 unspecified atom stereocenters. The average Bonchev–Trinajstić information content (AvgIpc) is 2.46. The summed E-state index contributed by atoms with van der Waals surface area (Å²) in [5.41, 5.74) is 1.26. The van der Waals surface area contributed by atoms with E-state index in [1.165, 1.54) is 24.8 Å². The van der Waals surface area contributed by atoms with Crippen LogP contribution in [0.5, 0.6) is 5.75 Å². The van der Waals surface area contributed by atoms with E-state index in [1.54, 1.807) is 0 Å². The van der Waals surface area contributed by atoms with Crippen LogP contribution in [0.25, 0.3) is 0 Å². The first-order valence-corrected chi connectivity index (χ1v) is 5.78. The van der Waals surface area contributed by atoms with Gasteiger partial charge in [0.2, 0.25) is 0 Å². The fraction of sp³-hybridized carbons (Fsp3) is 0.538. The summed E-state index contributed by atoms with van der Waals surface area (Å²) in [5.74, 6) is 1.00. The highest BCUT2D eigenvalue weighted by Crippen LogP contribution is 2.17. The molecule has 1 heterocycles. The smallest absolute Gasteiger partial charge is 0.120 e. The van der Waals surface area contributed by atoms with E-state index in [0.29, 0.717) is 6.10 Å². The van der Waals surface area contributed by atoms with Crippen molar-refractivity contribution in [3.05, 3.63) is 29.8 Å². The van der Waals surface area contributed by atoms with Crippen molar-refractivity contribution < 1.29 is 4.74 Å². The molecule has 15 heavy (non-hydrogen) atoms. The molecule has 0 aliphatic carbocycles. The van der Waals surface area contributed by atoms with Gasteiger partial charge in [-0.15, -0.1) is 0 Å². The third-order valence-corrected chi connectivity index (χ3v) is 2.79. The van der Waals surface area contributed by atoms with Crippen molar-refractivity contribution in [3.63, 3.8) is 0 Å². The minimum absolute atomic E-state index is 0.342.